The third kappa shape index (κ3) is 1.17. The molecule has 1 aromatic carbocycles. The fourth-order valence-electron chi connectivity index (χ4n) is 2.76. The molecule has 84 valence electrons. The maximum Gasteiger partial charge on any atom is 0.225 e. The van der Waals surface area contributed by atoms with Gasteiger partial charge in [0.1, 0.15) is 5.75 Å². The first-order valence-electron chi connectivity index (χ1n) is 5.65. The van der Waals surface area contributed by atoms with Gasteiger partial charge in [-0.15, -0.1) is 0 Å². The number of amides is 1. The van der Waals surface area contributed by atoms with Crippen LogP contribution >= 0.6 is 0 Å². The van der Waals surface area contributed by atoms with Gasteiger partial charge in [0, 0.05) is 25.8 Å². The first kappa shape index (κ1) is 9.70. The van der Waals surface area contributed by atoms with Crippen LogP contribution in [0.5, 0.6) is 5.75 Å². The zero-order valence-electron chi connectivity index (χ0n) is 9.56. The summed E-state index contributed by atoms with van der Waals surface area (Å²) in [5, 5.41) is 0. The Balaban J connectivity index is 2.11. The Labute approximate surface area is 95.0 Å². The molecule has 1 amide bonds. The van der Waals surface area contributed by atoms with E-state index in [4.69, 9.17) is 4.74 Å². The molecule has 3 rings (SSSR count). The highest BCUT2D eigenvalue weighted by Crippen LogP contribution is 2.46. The van der Waals surface area contributed by atoms with Crippen molar-refractivity contribution in [3.63, 3.8) is 0 Å². The van der Waals surface area contributed by atoms with Gasteiger partial charge >= 0.3 is 0 Å². The maximum atomic E-state index is 11.9. The van der Waals surface area contributed by atoms with Gasteiger partial charge in [-0.25, -0.2) is 0 Å². The van der Waals surface area contributed by atoms with Gasteiger partial charge in [0.25, 0.3) is 0 Å². The lowest BCUT2D eigenvalue weighted by Crippen LogP contribution is -2.57. The lowest BCUT2D eigenvalue weighted by Gasteiger charge is -2.49. The average molecular weight is 217 g/mol. The molecule has 2 bridgehead atoms. The minimum atomic E-state index is -0.464. The predicted molar refractivity (Wildman–Crippen MR) is 60.2 cm³/mol. The Kier molecular flexibility index (Phi) is 1.82. The van der Waals surface area contributed by atoms with E-state index in [2.05, 4.69) is 6.07 Å². The fraction of sp³-hybridized carbons (Fsp3) is 0.462. The number of likely N-dealkylation sites (tertiary alicyclic amines) is 1. The van der Waals surface area contributed by atoms with Crippen molar-refractivity contribution in [1.82, 2.24) is 4.90 Å². The molecule has 0 radical (unpaired) electrons. The SMILES string of the molecule is CN1C(=O)C[C@H]2C[C@@]1(C)Oc1ccccc12. The van der Waals surface area contributed by atoms with Gasteiger partial charge in [-0.3, -0.25) is 4.79 Å². The molecule has 0 spiro atoms. The van der Waals surface area contributed by atoms with Crippen LogP contribution in [0.2, 0.25) is 0 Å². The first-order chi connectivity index (χ1) is 7.60. The van der Waals surface area contributed by atoms with Crippen molar-refractivity contribution in [2.75, 3.05) is 7.05 Å². The zero-order valence-corrected chi connectivity index (χ0v) is 9.56. The summed E-state index contributed by atoms with van der Waals surface area (Å²) in [7, 11) is 1.83. The van der Waals surface area contributed by atoms with E-state index in [1.165, 1.54) is 5.56 Å². The van der Waals surface area contributed by atoms with Crippen LogP contribution < -0.4 is 4.74 Å². The van der Waals surface area contributed by atoms with E-state index in [0.29, 0.717) is 12.3 Å². The molecule has 1 fully saturated rings. The number of ether oxygens (including phenoxy) is 1. The van der Waals surface area contributed by atoms with Crippen LogP contribution in [0.4, 0.5) is 0 Å². The van der Waals surface area contributed by atoms with Crippen LogP contribution in [0, 0.1) is 0 Å². The fourth-order valence-corrected chi connectivity index (χ4v) is 2.76. The molecule has 16 heavy (non-hydrogen) atoms. The molecule has 2 aliphatic rings. The molecule has 0 unspecified atom stereocenters. The highest BCUT2D eigenvalue weighted by atomic mass is 16.5. The second-order valence-corrected chi connectivity index (χ2v) is 4.87. The van der Waals surface area contributed by atoms with Crippen LogP contribution in [0.1, 0.15) is 31.2 Å². The van der Waals surface area contributed by atoms with Crippen molar-refractivity contribution in [1.29, 1.82) is 0 Å². The number of carbonyl (C=O) groups excluding carboxylic acids is 1. The van der Waals surface area contributed by atoms with E-state index in [0.717, 1.165) is 12.2 Å². The second-order valence-electron chi connectivity index (χ2n) is 4.87. The number of nitrogens with zero attached hydrogens (tertiary/aromatic N) is 1. The summed E-state index contributed by atoms with van der Waals surface area (Å²) >= 11 is 0. The van der Waals surface area contributed by atoms with Crippen LogP contribution in [0.15, 0.2) is 24.3 Å². The number of hydrogen-bond donors (Lipinski definition) is 0. The number of benzene rings is 1. The molecule has 0 saturated carbocycles. The molecule has 2 aliphatic heterocycles. The molecule has 1 aromatic rings. The molecular weight excluding hydrogens is 202 g/mol. The quantitative estimate of drug-likeness (QED) is 0.666. The largest absolute Gasteiger partial charge is 0.468 e. The van der Waals surface area contributed by atoms with Gasteiger partial charge in [-0.05, 0) is 18.6 Å². The lowest BCUT2D eigenvalue weighted by atomic mass is 9.81. The van der Waals surface area contributed by atoms with Gasteiger partial charge in [0.15, 0.2) is 5.72 Å². The molecule has 2 heterocycles. The summed E-state index contributed by atoms with van der Waals surface area (Å²) < 4.78 is 5.98. The van der Waals surface area contributed by atoms with Crippen molar-refractivity contribution in [2.45, 2.75) is 31.4 Å². The van der Waals surface area contributed by atoms with Gasteiger partial charge < -0.3 is 9.64 Å². The first-order valence-corrected chi connectivity index (χ1v) is 5.65. The van der Waals surface area contributed by atoms with Crippen molar-refractivity contribution >= 4 is 5.91 Å². The van der Waals surface area contributed by atoms with Crippen molar-refractivity contribution in [3.8, 4) is 5.75 Å². The maximum absolute atomic E-state index is 11.9. The van der Waals surface area contributed by atoms with Gasteiger partial charge in [-0.2, -0.15) is 0 Å². The van der Waals surface area contributed by atoms with Gasteiger partial charge in [0.2, 0.25) is 5.91 Å². The van der Waals surface area contributed by atoms with Crippen molar-refractivity contribution in [2.24, 2.45) is 0 Å². The van der Waals surface area contributed by atoms with Crippen LogP contribution in [0.3, 0.4) is 0 Å². The summed E-state index contributed by atoms with van der Waals surface area (Å²) in [6.45, 7) is 1.99. The normalized spacial score (nSPS) is 32.0. The van der Waals surface area contributed by atoms with Crippen LogP contribution in [-0.2, 0) is 4.79 Å². The number of hydrogen-bond acceptors (Lipinski definition) is 2. The topological polar surface area (TPSA) is 29.5 Å². The standard InChI is InChI=1S/C13H15NO2/c1-13-8-9(7-12(15)14(13)2)10-5-3-4-6-11(10)16-13/h3-6,9H,7-8H2,1-2H3/t9-,13+/m0/s1. The monoisotopic (exact) mass is 217 g/mol. The number of rotatable bonds is 0. The van der Waals surface area contributed by atoms with Crippen molar-refractivity contribution < 1.29 is 9.53 Å². The Bertz CT molecular complexity index is 457. The zero-order chi connectivity index (χ0) is 11.3. The summed E-state index contributed by atoms with van der Waals surface area (Å²) in [4.78, 5) is 13.6. The highest BCUT2D eigenvalue weighted by Gasteiger charge is 2.47. The van der Waals surface area contributed by atoms with Crippen LogP contribution in [-0.4, -0.2) is 23.6 Å². The summed E-state index contributed by atoms with van der Waals surface area (Å²) in [6.07, 6.45) is 1.50. The minimum Gasteiger partial charge on any atom is -0.468 e. The Morgan fingerprint density at radius 3 is 3.00 bits per heavy atom. The van der Waals surface area contributed by atoms with Crippen molar-refractivity contribution in [3.05, 3.63) is 29.8 Å². The van der Waals surface area contributed by atoms with E-state index in [1.54, 1.807) is 4.90 Å². The molecular formula is C13H15NO2. The summed E-state index contributed by atoms with van der Waals surface area (Å²) in [5.41, 5.74) is 0.718. The lowest BCUT2D eigenvalue weighted by molar-refractivity contribution is -0.160. The second kappa shape index (κ2) is 3.00. The molecule has 3 nitrogen and oxygen atoms in total. The number of fused-ring (bicyclic) bond motifs is 4. The number of piperidine rings is 1. The molecule has 3 heteroatoms. The average Bonchev–Trinajstić information content (AvgIpc) is 2.26. The van der Waals surface area contributed by atoms with E-state index in [9.17, 15) is 4.79 Å². The third-order valence-electron chi connectivity index (χ3n) is 3.82. The number of carbonyl (C=O) groups is 1. The van der Waals surface area contributed by atoms with Gasteiger partial charge in [0.05, 0.1) is 0 Å². The molecule has 0 aromatic heterocycles. The molecule has 0 aliphatic carbocycles. The van der Waals surface area contributed by atoms with Gasteiger partial charge in [-0.1, -0.05) is 18.2 Å². The summed E-state index contributed by atoms with van der Waals surface area (Å²) in [5.74, 6) is 1.42. The smallest absolute Gasteiger partial charge is 0.225 e. The summed E-state index contributed by atoms with van der Waals surface area (Å²) in [6, 6.07) is 8.04. The van der Waals surface area contributed by atoms with Crippen LogP contribution in [0.25, 0.3) is 0 Å². The number of para-hydroxylation sites is 1. The third-order valence-corrected chi connectivity index (χ3v) is 3.82. The van der Waals surface area contributed by atoms with E-state index in [1.807, 2.05) is 32.2 Å². The van der Waals surface area contributed by atoms with E-state index < -0.39 is 5.72 Å². The predicted octanol–water partition coefficient (Wildman–Crippen LogP) is 2.13. The Morgan fingerprint density at radius 1 is 1.44 bits per heavy atom. The molecule has 2 atom stereocenters. The highest BCUT2D eigenvalue weighted by molar-refractivity contribution is 5.79. The molecule has 0 N–H and O–H groups in total. The Morgan fingerprint density at radius 2 is 2.19 bits per heavy atom. The molecule has 1 saturated heterocycles. The van der Waals surface area contributed by atoms with E-state index in [-0.39, 0.29) is 5.91 Å². The van der Waals surface area contributed by atoms with E-state index >= 15 is 0 Å². The Hall–Kier alpha value is -1.51. The minimum absolute atomic E-state index is 0.174.